The fourth-order valence-corrected chi connectivity index (χ4v) is 7.78. The van der Waals surface area contributed by atoms with E-state index in [1.807, 2.05) is 0 Å². The Hall–Kier alpha value is -0.370. The van der Waals surface area contributed by atoms with E-state index in [0.29, 0.717) is 11.7 Å². The number of carbonyl (C=O) groups excluding carboxylic acids is 1. The van der Waals surface area contributed by atoms with Gasteiger partial charge >= 0.3 is 0 Å². The topological polar surface area (TPSA) is 26.3 Å². The number of ether oxygens (including phenoxy) is 1. The molecule has 4 fully saturated rings. The van der Waals surface area contributed by atoms with E-state index in [4.69, 9.17) is 4.74 Å². The zero-order valence-corrected chi connectivity index (χ0v) is 19.1. The van der Waals surface area contributed by atoms with Gasteiger partial charge in [0.1, 0.15) is 6.10 Å². The van der Waals surface area contributed by atoms with Crippen LogP contribution in [0.15, 0.2) is 0 Å². The molecule has 0 bridgehead atoms. The number of rotatable bonds is 6. The van der Waals surface area contributed by atoms with E-state index < -0.39 is 0 Å². The number of carbonyl (C=O) groups is 1. The van der Waals surface area contributed by atoms with Gasteiger partial charge in [0, 0.05) is 13.0 Å². The van der Waals surface area contributed by atoms with Crippen molar-refractivity contribution in [3.05, 3.63) is 0 Å². The minimum absolute atomic E-state index is 0.112. The minimum Gasteiger partial charge on any atom is -0.373 e. The van der Waals surface area contributed by atoms with E-state index in [9.17, 15) is 4.79 Å². The van der Waals surface area contributed by atoms with E-state index in [1.54, 1.807) is 7.11 Å². The van der Waals surface area contributed by atoms with E-state index >= 15 is 0 Å². The molecule has 0 aromatic carbocycles. The molecule has 1 unspecified atom stereocenters. The van der Waals surface area contributed by atoms with Crippen molar-refractivity contribution in [1.82, 2.24) is 0 Å². The summed E-state index contributed by atoms with van der Waals surface area (Å²) >= 11 is 0. The van der Waals surface area contributed by atoms with Gasteiger partial charge in [-0.05, 0) is 81.0 Å². The minimum atomic E-state index is -0.112. The van der Waals surface area contributed by atoms with E-state index in [0.717, 1.165) is 36.5 Å². The molecular formula is C27H46O2. The number of Topliss-reactive ketones (excluding diaryl/α,β-unsaturated/α-hetero) is 1. The molecule has 0 N–H and O–H groups in total. The predicted octanol–water partition coefficient (Wildman–Crippen LogP) is 7.34. The normalized spacial score (nSPS) is 36.6. The monoisotopic (exact) mass is 402 g/mol. The third-order valence-electron chi connectivity index (χ3n) is 9.59. The smallest absolute Gasteiger partial charge is 0.164 e. The molecule has 0 spiro atoms. The molecule has 166 valence electrons. The average molecular weight is 403 g/mol. The quantitative estimate of drug-likeness (QED) is 0.464. The van der Waals surface area contributed by atoms with Crippen LogP contribution in [-0.4, -0.2) is 19.0 Å². The maximum Gasteiger partial charge on any atom is 0.164 e. The lowest BCUT2D eigenvalue weighted by Gasteiger charge is -2.39. The van der Waals surface area contributed by atoms with Crippen molar-refractivity contribution in [2.45, 2.75) is 122 Å². The first-order chi connectivity index (χ1) is 14.3. The SMILES string of the molecule is COC(C(=O)C1CCC(C2CCCCC2)CC1)C1CCC(C2CCCCC2)CC1. The van der Waals surface area contributed by atoms with Gasteiger partial charge in [0.05, 0.1) is 0 Å². The van der Waals surface area contributed by atoms with E-state index in [2.05, 4.69) is 0 Å². The highest BCUT2D eigenvalue weighted by molar-refractivity contribution is 5.85. The molecule has 0 heterocycles. The zero-order valence-electron chi connectivity index (χ0n) is 19.1. The summed E-state index contributed by atoms with van der Waals surface area (Å²) in [7, 11) is 1.80. The molecule has 4 aliphatic carbocycles. The Balaban J connectivity index is 1.24. The highest BCUT2D eigenvalue weighted by Gasteiger charge is 2.39. The van der Waals surface area contributed by atoms with Crippen LogP contribution in [0, 0.1) is 35.5 Å². The summed E-state index contributed by atoms with van der Waals surface area (Å²) in [5, 5.41) is 0. The molecule has 0 radical (unpaired) electrons. The first kappa shape index (κ1) is 21.8. The van der Waals surface area contributed by atoms with Crippen molar-refractivity contribution in [2.75, 3.05) is 7.11 Å². The first-order valence-electron chi connectivity index (χ1n) is 13.3. The molecule has 4 aliphatic rings. The van der Waals surface area contributed by atoms with Crippen LogP contribution in [0.25, 0.3) is 0 Å². The van der Waals surface area contributed by atoms with Crippen LogP contribution in [0.5, 0.6) is 0 Å². The van der Waals surface area contributed by atoms with Gasteiger partial charge in [-0.1, -0.05) is 64.2 Å². The lowest BCUT2D eigenvalue weighted by Crippen LogP contribution is -2.40. The Morgan fingerprint density at radius 1 is 0.586 bits per heavy atom. The van der Waals surface area contributed by atoms with Gasteiger partial charge in [0.15, 0.2) is 5.78 Å². The van der Waals surface area contributed by atoms with Gasteiger partial charge in [0.25, 0.3) is 0 Å². The summed E-state index contributed by atoms with van der Waals surface area (Å²) in [5.41, 5.74) is 0. The summed E-state index contributed by atoms with van der Waals surface area (Å²) in [6.45, 7) is 0. The van der Waals surface area contributed by atoms with Crippen molar-refractivity contribution in [1.29, 1.82) is 0 Å². The number of hydrogen-bond donors (Lipinski definition) is 0. The molecule has 29 heavy (non-hydrogen) atoms. The standard InChI is InChI=1S/C27H46O2/c1-29-27(25-18-14-23(15-19-25)21-10-6-3-7-11-21)26(28)24-16-12-22(13-17-24)20-8-4-2-5-9-20/h20-25,27H,2-19H2,1H3. The highest BCUT2D eigenvalue weighted by atomic mass is 16.5. The summed E-state index contributed by atoms with van der Waals surface area (Å²) in [6, 6.07) is 0. The second kappa shape index (κ2) is 10.8. The van der Waals surface area contributed by atoms with Crippen molar-refractivity contribution >= 4 is 5.78 Å². The number of methoxy groups -OCH3 is 1. The van der Waals surface area contributed by atoms with Gasteiger partial charge in [-0.25, -0.2) is 0 Å². The van der Waals surface area contributed by atoms with Crippen LogP contribution < -0.4 is 0 Å². The molecule has 0 aromatic rings. The van der Waals surface area contributed by atoms with Gasteiger partial charge in [-0.15, -0.1) is 0 Å². The maximum absolute atomic E-state index is 13.4. The van der Waals surface area contributed by atoms with Crippen molar-refractivity contribution < 1.29 is 9.53 Å². The second-order valence-electron chi connectivity index (χ2n) is 11.1. The molecule has 4 saturated carbocycles. The Morgan fingerprint density at radius 3 is 1.45 bits per heavy atom. The average Bonchev–Trinajstić information content (AvgIpc) is 2.81. The molecular weight excluding hydrogens is 356 g/mol. The van der Waals surface area contributed by atoms with Crippen molar-refractivity contribution in [3.8, 4) is 0 Å². The van der Waals surface area contributed by atoms with Gasteiger partial charge < -0.3 is 4.74 Å². The summed E-state index contributed by atoms with van der Waals surface area (Å²) < 4.78 is 5.88. The fourth-order valence-electron chi connectivity index (χ4n) is 7.78. The van der Waals surface area contributed by atoms with E-state index in [1.165, 1.54) is 103 Å². The van der Waals surface area contributed by atoms with Crippen LogP contribution in [0.4, 0.5) is 0 Å². The molecule has 0 saturated heterocycles. The van der Waals surface area contributed by atoms with Crippen LogP contribution in [0.3, 0.4) is 0 Å². The van der Waals surface area contributed by atoms with E-state index in [-0.39, 0.29) is 12.0 Å². The van der Waals surface area contributed by atoms with Gasteiger partial charge in [0.2, 0.25) is 0 Å². The number of ketones is 1. The summed E-state index contributed by atoms with van der Waals surface area (Å²) in [5.74, 6) is 5.04. The third kappa shape index (κ3) is 5.46. The molecule has 2 nitrogen and oxygen atoms in total. The third-order valence-corrected chi connectivity index (χ3v) is 9.59. The van der Waals surface area contributed by atoms with Crippen molar-refractivity contribution in [3.63, 3.8) is 0 Å². The molecule has 0 amide bonds. The second-order valence-corrected chi connectivity index (χ2v) is 11.1. The Labute approximate surface area is 179 Å². The fraction of sp³-hybridized carbons (Fsp3) is 0.963. The van der Waals surface area contributed by atoms with Crippen LogP contribution in [-0.2, 0) is 9.53 Å². The molecule has 0 aromatic heterocycles. The zero-order chi connectivity index (χ0) is 20.1. The largest absolute Gasteiger partial charge is 0.373 e. The summed E-state index contributed by atoms with van der Waals surface area (Å²) in [4.78, 5) is 13.4. The maximum atomic E-state index is 13.4. The Morgan fingerprint density at radius 2 is 1.00 bits per heavy atom. The first-order valence-corrected chi connectivity index (χ1v) is 13.3. The predicted molar refractivity (Wildman–Crippen MR) is 120 cm³/mol. The molecule has 1 atom stereocenters. The number of hydrogen-bond acceptors (Lipinski definition) is 2. The van der Waals surface area contributed by atoms with Crippen LogP contribution >= 0.6 is 0 Å². The van der Waals surface area contributed by atoms with Crippen LogP contribution in [0.2, 0.25) is 0 Å². The summed E-state index contributed by atoms with van der Waals surface area (Å²) in [6.07, 6.45) is 24.4. The lowest BCUT2D eigenvalue weighted by atomic mass is 9.67. The van der Waals surface area contributed by atoms with Gasteiger partial charge in [-0.3, -0.25) is 4.79 Å². The van der Waals surface area contributed by atoms with Gasteiger partial charge in [-0.2, -0.15) is 0 Å². The van der Waals surface area contributed by atoms with Crippen LogP contribution in [0.1, 0.15) is 116 Å². The molecule has 0 aliphatic heterocycles. The highest BCUT2D eigenvalue weighted by Crippen LogP contribution is 2.43. The molecule has 2 heteroatoms. The van der Waals surface area contributed by atoms with Crippen molar-refractivity contribution in [2.24, 2.45) is 35.5 Å². The lowest BCUT2D eigenvalue weighted by molar-refractivity contribution is -0.138. The molecule has 4 rings (SSSR count). The Kier molecular flexibility index (Phi) is 8.12. The Bertz CT molecular complexity index is 487.